The van der Waals surface area contributed by atoms with E-state index in [2.05, 4.69) is 36.2 Å². The zero-order chi connectivity index (χ0) is 12.6. The maximum absolute atomic E-state index is 5.59. The molecule has 0 bridgehead atoms. The first kappa shape index (κ1) is 13.3. The molecule has 0 saturated carbocycles. The average molecular weight is 247 g/mol. The molecule has 98 valence electrons. The van der Waals surface area contributed by atoms with Crippen LogP contribution in [0, 0.1) is 0 Å². The molecule has 2 rings (SSSR count). The van der Waals surface area contributed by atoms with Crippen LogP contribution in [0.5, 0.6) is 0 Å². The summed E-state index contributed by atoms with van der Waals surface area (Å²) in [5.74, 6) is 0. The van der Waals surface area contributed by atoms with Crippen LogP contribution in [0.25, 0.3) is 0 Å². The van der Waals surface area contributed by atoms with Gasteiger partial charge in [-0.15, -0.1) is 6.58 Å². The Bertz CT molecular complexity index is 379. The first-order chi connectivity index (χ1) is 8.92. The van der Waals surface area contributed by atoms with Gasteiger partial charge in [-0.2, -0.15) is 0 Å². The van der Waals surface area contributed by atoms with E-state index in [0.29, 0.717) is 0 Å². The Balaban J connectivity index is 1.75. The monoisotopic (exact) mass is 247 g/mol. The third-order valence-electron chi connectivity index (χ3n) is 3.08. The van der Waals surface area contributed by atoms with Gasteiger partial charge in [-0.1, -0.05) is 30.3 Å². The highest BCUT2D eigenvalue weighted by Crippen LogP contribution is 2.23. The Morgan fingerprint density at radius 3 is 3.17 bits per heavy atom. The standard InChI is InChI=1S/C15H21NO2/c1-2-3-9-17-10-8-16-15-12-18-11-13-6-4-5-7-14(13)15/h2,4-7,15-16H,1,3,8-12H2. The lowest BCUT2D eigenvalue weighted by molar-refractivity contribution is 0.0763. The Morgan fingerprint density at radius 2 is 2.28 bits per heavy atom. The van der Waals surface area contributed by atoms with Crippen molar-refractivity contribution in [3.63, 3.8) is 0 Å². The first-order valence-corrected chi connectivity index (χ1v) is 6.49. The SMILES string of the molecule is C=CCCOCCNC1COCc2ccccc21. The molecule has 0 amide bonds. The van der Waals surface area contributed by atoms with Crippen molar-refractivity contribution in [1.82, 2.24) is 5.32 Å². The van der Waals surface area contributed by atoms with E-state index in [1.807, 2.05) is 6.08 Å². The topological polar surface area (TPSA) is 30.5 Å². The normalized spacial score (nSPS) is 18.3. The van der Waals surface area contributed by atoms with Crippen LogP contribution in [0.3, 0.4) is 0 Å². The minimum Gasteiger partial charge on any atom is -0.380 e. The van der Waals surface area contributed by atoms with E-state index in [-0.39, 0.29) is 6.04 Å². The van der Waals surface area contributed by atoms with Gasteiger partial charge in [0.05, 0.1) is 32.5 Å². The minimum atomic E-state index is 0.290. The molecule has 1 aromatic carbocycles. The van der Waals surface area contributed by atoms with Gasteiger partial charge < -0.3 is 14.8 Å². The molecule has 1 atom stereocenters. The predicted octanol–water partition coefficient (Wildman–Crippen LogP) is 2.44. The molecule has 0 aliphatic carbocycles. The van der Waals surface area contributed by atoms with Crippen LogP contribution in [0.15, 0.2) is 36.9 Å². The molecule has 1 aromatic rings. The lowest BCUT2D eigenvalue weighted by Gasteiger charge is -2.26. The molecule has 0 aromatic heterocycles. The largest absolute Gasteiger partial charge is 0.380 e. The summed E-state index contributed by atoms with van der Waals surface area (Å²) < 4.78 is 11.1. The smallest absolute Gasteiger partial charge is 0.0721 e. The fourth-order valence-electron chi connectivity index (χ4n) is 2.13. The molecule has 1 N–H and O–H groups in total. The molecule has 0 spiro atoms. The summed E-state index contributed by atoms with van der Waals surface area (Å²) in [5, 5.41) is 3.48. The van der Waals surface area contributed by atoms with E-state index in [9.17, 15) is 0 Å². The highest BCUT2D eigenvalue weighted by molar-refractivity contribution is 5.30. The molecular weight excluding hydrogens is 226 g/mol. The van der Waals surface area contributed by atoms with Crippen molar-refractivity contribution in [3.05, 3.63) is 48.0 Å². The van der Waals surface area contributed by atoms with Crippen molar-refractivity contribution in [2.24, 2.45) is 0 Å². The maximum atomic E-state index is 5.59. The second-order valence-corrected chi connectivity index (χ2v) is 4.41. The summed E-state index contributed by atoms with van der Waals surface area (Å²) in [7, 11) is 0. The Kier molecular flexibility index (Phi) is 5.39. The molecule has 0 fully saturated rings. The van der Waals surface area contributed by atoms with Gasteiger partial charge in [-0.25, -0.2) is 0 Å². The molecule has 1 heterocycles. The van der Waals surface area contributed by atoms with E-state index in [1.165, 1.54) is 11.1 Å². The number of ether oxygens (including phenoxy) is 2. The number of nitrogens with one attached hydrogen (secondary N) is 1. The zero-order valence-corrected chi connectivity index (χ0v) is 10.7. The van der Waals surface area contributed by atoms with Gasteiger partial charge in [0.2, 0.25) is 0 Å². The van der Waals surface area contributed by atoms with E-state index in [4.69, 9.17) is 9.47 Å². The number of fused-ring (bicyclic) bond motifs is 1. The zero-order valence-electron chi connectivity index (χ0n) is 10.7. The van der Waals surface area contributed by atoms with E-state index >= 15 is 0 Å². The van der Waals surface area contributed by atoms with Crippen molar-refractivity contribution >= 4 is 0 Å². The van der Waals surface area contributed by atoms with Crippen molar-refractivity contribution in [3.8, 4) is 0 Å². The molecule has 1 aliphatic heterocycles. The van der Waals surface area contributed by atoms with Crippen molar-refractivity contribution < 1.29 is 9.47 Å². The van der Waals surface area contributed by atoms with Crippen LogP contribution in [-0.4, -0.2) is 26.4 Å². The van der Waals surface area contributed by atoms with Crippen LogP contribution in [0.2, 0.25) is 0 Å². The minimum absolute atomic E-state index is 0.290. The quantitative estimate of drug-likeness (QED) is 0.593. The second kappa shape index (κ2) is 7.31. The highest BCUT2D eigenvalue weighted by Gasteiger charge is 2.19. The van der Waals surface area contributed by atoms with E-state index in [0.717, 1.165) is 39.4 Å². The van der Waals surface area contributed by atoms with Crippen LogP contribution in [0.4, 0.5) is 0 Å². The van der Waals surface area contributed by atoms with Gasteiger partial charge in [0, 0.05) is 6.54 Å². The molecule has 1 aliphatic rings. The Labute approximate surface area is 109 Å². The fourth-order valence-corrected chi connectivity index (χ4v) is 2.13. The predicted molar refractivity (Wildman–Crippen MR) is 72.5 cm³/mol. The summed E-state index contributed by atoms with van der Waals surface area (Å²) >= 11 is 0. The summed E-state index contributed by atoms with van der Waals surface area (Å²) in [6.07, 6.45) is 2.79. The Hall–Kier alpha value is -1.16. The summed E-state index contributed by atoms with van der Waals surface area (Å²) in [6.45, 7) is 7.46. The second-order valence-electron chi connectivity index (χ2n) is 4.41. The van der Waals surface area contributed by atoms with Gasteiger partial charge in [0.1, 0.15) is 0 Å². The number of benzene rings is 1. The first-order valence-electron chi connectivity index (χ1n) is 6.49. The fraction of sp³-hybridized carbons (Fsp3) is 0.467. The number of rotatable bonds is 7. The Morgan fingerprint density at radius 1 is 1.39 bits per heavy atom. The summed E-state index contributed by atoms with van der Waals surface area (Å²) in [6, 6.07) is 8.73. The molecule has 1 unspecified atom stereocenters. The summed E-state index contributed by atoms with van der Waals surface area (Å²) in [5.41, 5.74) is 2.64. The molecule has 3 heteroatoms. The van der Waals surface area contributed by atoms with Gasteiger partial charge in [-0.05, 0) is 17.5 Å². The van der Waals surface area contributed by atoms with Crippen LogP contribution in [0.1, 0.15) is 23.6 Å². The lowest BCUT2D eigenvalue weighted by Crippen LogP contribution is -2.32. The highest BCUT2D eigenvalue weighted by atomic mass is 16.5. The van der Waals surface area contributed by atoms with Gasteiger partial charge in [0.25, 0.3) is 0 Å². The molecule has 3 nitrogen and oxygen atoms in total. The van der Waals surface area contributed by atoms with Crippen LogP contribution in [-0.2, 0) is 16.1 Å². The van der Waals surface area contributed by atoms with Crippen molar-refractivity contribution in [2.75, 3.05) is 26.4 Å². The summed E-state index contributed by atoms with van der Waals surface area (Å²) in [4.78, 5) is 0. The third kappa shape index (κ3) is 3.67. The van der Waals surface area contributed by atoms with Gasteiger partial charge >= 0.3 is 0 Å². The average Bonchev–Trinajstić information content (AvgIpc) is 2.43. The van der Waals surface area contributed by atoms with E-state index in [1.54, 1.807) is 0 Å². The van der Waals surface area contributed by atoms with Crippen LogP contribution >= 0.6 is 0 Å². The van der Waals surface area contributed by atoms with Crippen molar-refractivity contribution in [1.29, 1.82) is 0 Å². The molecule has 0 radical (unpaired) electrons. The van der Waals surface area contributed by atoms with E-state index < -0.39 is 0 Å². The number of hydrogen-bond acceptors (Lipinski definition) is 3. The van der Waals surface area contributed by atoms with Gasteiger partial charge in [-0.3, -0.25) is 0 Å². The molecule has 0 saturated heterocycles. The lowest BCUT2D eigenvalue weighted by atomic mass is 9.99. The number of hydrogen-bond donors (Lipinski definition) is 1. The van der Waals surface area contributed by atoms with Gasteiger partial charge in [0.15, 0.2) is 0 Å². The van der Waals surface area contributed by atoms with Crippen molar-refractivity contribution in [2.45, 2.75) is 19.1 Å². The van der Waals surface area contributed by atoms with Crippen LogP contribution < -0.4 is 5.32 Å². The maximum Gasteiger partial charge on any atom is 0.0721 e. The molecular formula is C15H21NO2. The molecule has 18 heavy (non-hydrogen) atoms. The third-order valence-corrected chi connectivity index (χ3v) is 3.08.